The fourth-order valence-corrected chi connectivity index (χ4v) is 7.05. The van der Waals surface area contributed by atoms with Gasteiger partial charge < -0.3 is 19.5 Å². The van der Waals surface area contributed by atoms with E-state index >= 15 is 0 Å². The summed E-state index contributed by atoms with van der Waals surface area (Å²) in [6.45, 7) is 2.28. The Bertz CT molecular complexity index is 1580. The zero-order valence-corrected chi connectivity index (χ0v) is 24.1. The van der Waals surface area contributed by atoms with E-state index in [9.17, 15) is 19.7 Å². The lowest BCUT2D eigenvalue weighted by atomic mass is 9.54. The molecule has 42 heavy (non-hydrogen) atoms. The van der Waals surface area contributed by atoms with E-state index in [-0.39, 0.29) is 36.2 Å². The second kappa shape index (κ2) is 11.9. The van der Waals surface area contributed by atoms with E-state index in [1.807, 2.05) is 43.3 Å². The lowest BCUT2D eigenvalue weighted by Gasteiger charge is -2.47. The Kier molecular flexibility index (Phi) is 8.08. The summed E-state index contributed by atoms with van der Waals surface area (Å²) >= 11 is 6.32. The van der Waals surface area contributed by atoms with E-state index in [0.717, 1.165) is 28.0 Å². The highest BCUT2D eigenvalue weighted by molar-refractivity contribution is 6.43. The number of ketones is 2. The summed E-state index contributed by atoms with van der Waals surface area (Å²) in [4.78, 5) is 27.7. The molecule has 0 radical (unpaired) electrons. The van der Waals surface area contributed by atoms with Gasteiger partial charge in [0.25, 0.3) is 0 Å². The first-order valence-corrected chi connectivity index (χ1v) is 14.7. The monoisotopic (exact) mass is 582 g/mol. The van der Waals surface area contributed by atoms with Crippen LogP contribution >= 0.6 is 11.6 Å². The lowest BCUT2D eigenvalue weighted by Crippen LogP contribution is -2.51. The first-order chi connectivity index (χ1) is 20.3. The van der Waals surface area contributed by atoms with Crippen molar-refractivity contribution in [3.63, 3.8) is 0 Å². The Balaban J connectivity index is 1.34. The third kappa shape index (κ3) is 5.57. The molecular formula is C34H32BClO6. The Morgan fingerprint density at radius 2 is 1.74 bits per heavy atom. The first kappa shape index (κ1) is 28.5. The second-order valence-electron chi connectivity index (χ2n) is 11.4. The number of hydrogen-bond acceptors (Lipinski definition) is 6. The highest BCUT2D eigenvalue weighted by Crippen LogP contribution is 2.51. The van der Waals surface area contributed by atoms with Crippen molar-refractivity contribution >= 4 is 36.4 Å². The molecule has 1 aliphatic heterocycles. The van der Waals surface area contributed by atoms with Crippen LogP contribution < -0.4 is 4.74 Å². The average molecular weight is 583 g/mol. The summed E-state index contributed by atoms with van der Waals surface area (Å²) in [7, 11) is -1.05. The van der Waals surface area contributed by atoms with Crippen molar-refractivity contribution in [2.24, 2.45) is 17.8 Å². The van der Waals surface area contributed by atoms with Crippen molar-refractivity contribution in [2.45, 2.75) is 38.6 Å². The number of allylic oxidation sites excluding steroid dienone is 1. The van der Waals surface area contributed by atoms with E-state index in [4.69, 9.17) is 21.0 Å². The van der Waals surface area contributed by atoms with E-state index in [0.29, 0.717) is 35.4 Å². The van der Waals surface area contributed by atoms with Crippen molar-refractivity contribution in [2.75, 3.05) is 6.61 Å². The van der Waals surface area contributed by atoms with Gasteiger partial charge in [-0.1, -0.05) is 65.7 Å². The SMILES string of the molecule is C/C(=C\c1ccc(O)cc1Cl)CC[C@H]1OB(O)C[C@H]2C1=C(COc1ccccc1)C[C@H]1C(=O)c3ccccc3C(=O)[C@H]12. The molecular weight excluding hydrogens is 551 g/mol. The van der Waals surface area contributed by atoms with E-state index < -0.39 is 25.1 Å². The van der Waals surface area contributed by atoms with Crippen molar-refractivity contribution in [3.8, 4) is 11.5 Å². The number of rotatable bonds is 7. The normalized spacial score (nSPS) is 23.8. The standard InChI is InChI=1S/C34H32BClO6/c1-20(15-21-12-13-23(37)17-29(21)36)11-14-30-31-22(19-41-24-7-3-2-4-8-24)16-27-32(28(31)18-35(40)42-30)34(39)26-10-6-5-9-25(26)33(27)38/h2-10,12-13,15,17,27-28,30,32,37,40H,11,14,16,18-19H2,1H3/b20-15+/t27-,28+,30-,32-/m1/s1. The van der Waals surface area contributed by atoms with Gasteiger partial charge in [0, 0.05) is 23.0 Å². The van der Waals surface area contributed by atoms with Gasteiger partial charge in [0.05, 0.1) is 11.1 Å². The fraction of sp³-hybridized carbons (Fsp3) is 0.294. The molecule has 1 heterocycles. The second-order valence-corrected chi connectivity index (χ2v) is 11.8. The molecule has 0 spiro atoms. The summed E-state index contributed by atoms with van der Waals surface area (Å²) in [5.41, 5.74) is 4.75. The van der Waals surface area contributed by atoms with Crippen LogP contribution in [0.25, 0.3) is 6.08 Å². The molecule has 1 fully saturated rings. The number of carbonyl (C=O) groups is 2. The Morgan fingerprint density at radius 1 is 1.02 bits per heavy atom. The third-order valence-corrected chi connectivity index (χ3v) is 9.03. The minimum atomic E-state index is -1.05. The van der Waals surface area contributed by atoms with E-state index in [1.54, 1.807) is 36.4 Å². The van der Waals surface area contributed by atoms with Crippen LogP contribution in [0.5, 0.6) is 11.5 Å². The van der Waals surface area contributed by atoms with E-state index in [2.05, 4.69) is 0 Å². The lowest BCUT2D eigenvalue weighted by molar-refractivity contribution is 0.0592. The maximum Gasteiger partial charge on any atom is 0.455 e. The van der Waals surface area contributed by atoms with Crippen molar-refractivity contribution in [1.29, 1.82) is 0 Å². The van der Waals surface area contributed by atoms with Crippen LogP contribution in [0.4, 0.5) is 0 Å². The molecule has 0 amide bonds. The third-order valence-electron chi connectivity index (χ3n) is 8.71. The van der Waals surface area contributed by atoms with Gasteiger partial charge in [-0.3, -0.25) is 9.59 Å². The zero-order valence-electron chi connectivity index (χ0n) is 23.3. The van der Waals surface area contributed by atoms with E-state index in [1.165, 1.54) is 6.07 Å². The molecule has 6 rings (SSSR count). The van der Waals surface area contributed by atoms with Gasteiger partial charge >= 0.3 is 7.12 Å². The van der Waals surface area contributed by atoms with Crippen LogP contribution in [-0.2, 0) is 4.65 Å². The number of benzene rings is 3. The molecule has 3 aromatic carbocycles. The highest BCUT2D eigenvalue weighted by atomic mass is 35.5. The molecule has 3 aliphatic rings. The Morgan fingerprint density at radius 3 is 2.48 bits per heavy atom. The van der Waals surface area contributed by atoms with Crippen molar-refractivity contribution in [1.82, 2.24) is 0 Å². The van der Waals surface area contributed by atoms with Crippen LogP contribution in [0.2, 0.25) is 11.3 Å². The molecule has 2 aliphatic carbocycles. The van der Waals surface area contributed by atoms with Gasteiger partial charge in [-0.15, -0.1) is 0 Å². The smallest absolute Gasteiger partial charge is 0.455 e. The first-order valence-electron chi connectivity index (χ1n) is 14.4. The molecule has 0 aromatic heterocycles. The summed E-state index contributed by atoms with van der Waals surface area (Å²) in [5, 5.41) is 21.0. The van der Waals surface area contributed by atoms with Gasteiger partial charge in [0.2, 0.25) is 0 Å². The molecule has 3 aromatic rings. The van der Waals surface area contributed by atoms with Crippen LogP contribution in [0.15, 0.2) is 89.5 Å². The quantitative estimate of drug-likeness (QED) is 0.235. The van der Waals surface area contributed by atoms with Crippen LogP contribution in [0, 0.1) is 17.8 Å². The number of halogens is 1. The number of phenols is 1. The number of Topliss-reactive ketones (excluding diaryl/α,β-unsaturated/α-hetero) is 2. The van der Waals surface area contributed by atoms with Crippen molar-refractivity contribution < 1.29 is 29.1 Å². The number of para-hydroxylation sites is 1. The molecule has 6 nitrogen and oxygen atoms in total. The van der Waals surface area contributed by atoms with Crippen LogP contribution in [0.1, 0.15) is 52.5 Å². The number of carbonyl (C=O) groups excluding carboxylic acids is 2. The molecule has 8 heteroatoms. The number of aromatic hydroxyl groups is 1. The van der Waals surface area contributed by atoms with Gasteiger partial charge in [-0.25, -0.2) is 0 Å². The van der Waals surface area contributed by atoms with Crippen molar-refractivity contribution in [3.05, 3.63) is 111 Å². The fourth-order valence-electron chi connectivity index (χ4n) is 6.82. The number of phenolic OH excluding ortho intramolecular Hbond substituents is 1. The summed E-state index contributed by atoms with van der Waals surface area (Å²) < 4.78 is 12.3. The molecule has 4 atom stereocenters. The summed E-state index contributed by atoms with van der Waals surface area (Å²) in [6, 6.07) is 21.5. The predicted octanol–water partition coefficient (Wildman–Crippen LogP) is 6.82. The van der Waals surface area contributed by atoms with Crippen LogP contribution in [-0.4, -0.2) is 41.5 Å². The maximum absolute atomic E-state index is 13.9. The Labute approximate surface area is 250 Å². The van der Waals surface area contributed by atoms with Gasteiger partial charge in [-0.2, -0.15) is 0 Å². The van der Waals surface area contributed by atoms with Gasteiger partial charge in [-0.05, 0) is 85.5 Å². The highest BCUT2D eigenvalue weighted by Gasteiger charge is 2.53. The minimum Gasteiger partial charge on any atom is -0.508 e. The number of hydrogen-bond donors (Lipinski definition) is 2. The van der Waals surface area contributed by atoms with Crippen LogP contribution in [0.3, 0.4) is 0 Å². The van der Waals surface area contributed by atoms with Gasteiger partial charge in [0.1, 0.15) is 18.1 Å². The largest absolute Gasteiger partial charge is 0.508 e. The topological polar surface area (TPSA) is 93.1 Å². The molecule has 2 N–H and O–H groups in total. The zero-order chi connectivity index (χ0) is 29.4. The maximum atomic E-state index is 13.9. The molecule has 214 valence electrons. The molecule has 0 bridgehead atoms. The molecule has 0 unspecified atom stereocenters. The average Bonchev–Trinajstić information content (AvgIpc) is 2.99. The minimum absolute atomic E-state index is 0.0199. The summed E-state index contributed by atoms with van der Waals surface area (Å²) in [5.74, 6) is -0.598. The number of fused-ring (bicyclic) bond motifs is 4. The number of ether oxygens (including phenoxy) is 1. The predicted molar refractivity (Wildman–Crippen MR) is 163 cm³/mol. The molecule has 1 saturated heterocycles. The van der Waals surface area contributed by atoms with Gasteiger partial charge in [0.15, 0.2) is 11.6 Å². The summed E-state index contributed by atoms with van der Waals surface area (Å²) in [6.07, 6.45) is 3.43. The Hall–Kier alpha value is -3.65. The molecule has 0 saturated carbocycles.